The van der Waals surface area contributed by atoms with Crippen LogP contribution in [0.25, 0.3) is 5.57 Å². The Balaban J connectivity index is 1.54. The molecule has 10 nitrogen and oxygen atoms in total. The van der Waals surface area contributed by atoms with Crippen LogP contribution in [-0.4, -0.2) is 74.8 Å². The van der Waals surface area contributed by atoms with Gasteiger partial charge in [-0.2, -0.15) is 13.9 Å². The number of aromatic nitrogens is 3. The van der Waals surface area contributed by atoms with Crippen LogP contribution in [-0.2, 0) is 14.3 Å². The fourth-order valence-corrected chi connectivity index (χ4v) is 6.41. The molecule has 2 atom stereocenters. The lowest BCUT2D eigenvalue weighted by Gasteiger charge is -2.33. The largest absolute Gasteiger partial charge is 0.469 e. The molecule has 0 N–H and O–H groups in total. The van der Waals surface area contributed by atoms with Crippen molar-refractivity contribution < 1.29 is 32.2 Å². The number of rotatable bonds is 7. The Morgan fingerprint density at radius 1 is 1.34 bits per heavy atom. The van der Waals surface area contributed by atoms with E-state index in [9.17, 15) is 22.8 Å². The summed E-state index contributed by atoms with van der Waals surface area (Å²) in [5.74, 6) is -0.551. The summed E-state index contributed by atoms with van der Waals surface area (Å²) in [7, 11) is 1.27. The fourth-order valence-electron chi connectivity index (χ4n) is 5.50. The van der Waals surface area contributed by atoms with E-state index in [1.165, 1.54) is 41.5 Å². The summed E-state index contributed by atoms with van der Waals surface area (Å²) in [4.78, 5) is 37.6. The van der Waals surface area contributed by atoms with Gasteiger partial charge >= 0.3 is 18.6 Å². The number of benzene rings is 1. The van der Waals surface area contributed by atoms with E-state index in [0.717, 1.165) is 12.3 Å². The van der Waals surface area contributed by atoms with Crippen LogP contribution in [0.1, 0.15) is 41.7 Å². The number of fused-ring (bicyclic) bond motifs is 1. The van der Waals surface area contributed by atoms with Gasteiger partial charge in [0, 0.05) is 52.6 Å². The van der Waals surface area contributed by atoms with Crippen LogP contribution in [0.4, 0.5) is 18.0 Å². The second kappa shape index (κ2) is 10.5. The number of esters is 1. The molecule has 0 saturated carbocycles. The molecular formula is C26H22ClF3N6O4S. The molecule has 0 unspecified atom stereocenters. The number of hydrogen-bond acceptors (Lipinski definition) is 9. The van der Waals surface area contributed by atoms with E-state index in [1.807, 2.05) is 4.90 Å². The number of amides is 1. The van der Waals surface area contributed by atoms with Gasteiger partial charge in [0.2, 0.25) is 0 Å². The predicted molar refractivity (Wildman–Crippen MR) is 142 cm³/mol. The highest BCUT2D eigenvalue weighted by atomic mass is 35.5. The molecule has 1 amide bonds. The zero-order valence-corrected chi connectivity index (χ0v) is 23.0. The van der Waals surface area contributed by atoms with E-state index >= 15 is 0 Å². The molecule has 0 aliphatic carbocycles. The first kappa shape index (κ1) is 27.3. The molecule has 0 radical (unpaired) electrons. The summed E-state index contributed by atoms with van der Waals surface area (Å²) in [5.41, 5.74) is 0.884. The number of alkyl halides is 2. The molecule has 3 aromatic rings. The second-order valence-electron chi connectivity index (χ2n) is 9.70. The number of carbonyl (C=O) groups excluding carboxylic acids is 2. The minimum absolute atomic E-state index is 0.0267. The van der Waals surface area contributed by atoms with Crippen LogP contribution in [0, 0.1) is 5.82 Å². The minimum Gasteiger partial charge on any atom is -0.469 e. The average Bonchev–Trinajstić information content (AvgIpc) is 3.75. The Morgan fingerprint density at radius 2 is 2.17 bits per heavy atom. The number of aliphatic imine (C=N–C) groups is 1. The predicted octanol–water partition coefficient (Wildman–Crippen LogP) is 4.90. The summed E-state index contributed by atoms with van der Waals surface area (Å²) in [6.45, 7) is -2.56. The summed E-state index contributed by atoms with van der Waals surface area (Å²) in [6.07, 6.45) is 2.40. The van der Waals surface area contributed by atoms with Crippen molar-refractivity contribution in [2.24, 2.45) is 4.99 Å². The molecule has 15 heteroatoms. The third-order valence-electron chi connectivity index (χ3n) is 7.36. The molecule has 1 spiro atoms. The van der Waals surface area contributed by atoms with Crippen LogP contribution < -0.4 is 0 Å². The number of carbonyl (C=O) groups is 2. The quantitative estimate of drug-likeness (QED) is 0.353. The van der Waals surface area contributed by atoms with Crippen molar-refractivity contribution >= 4 is 46.4 Å². The Morgan fingerprint density at radius 3 is 2.85 bits per heavy atom. The summed E-state index contributed by atoms with van der Waals surface area (Å²) < 4.78 is 52.0. The zero-order valence-electron chi connectivity index (χ0n) is 21.5. The number of cyclic esters (lactones) is 1. The van der Waals surface area contributed by atoms with E-state index in [0.29, 0.717) is 32.4 Å². The number of hydrogen-bond donors (Lipinski definition) is 0. The van der Waals surface area contributed by atoms with Gasteiger partial charge in [-0.15, -0.1) is 11.3 Å². The van der Waals surface area contributed by atoms with Crippen LogP contribution in [0.2, 0.25) is 5.02 Å². The third kappa shape index (κ3) is 4.74. The van der Waals surface area contributed by atoms with Crippen molar-refractivity contribution in [3.05, 3.63) is 74.8 Å². The average molecular weight is 607 g/mol. The highest BCUT2D eigenvalue weighted by Gasteiger charge is 2.56. The van der Waals surface area contributed by atoms with Gasteiger partial charge in [0.15, 0.2) is 10.8 Å². The molecule has 6 rings (SSSR count). The van der Waals surface area contributed by atoms with Crippen LogP contribution in [0.3, 0.4) is 0 Å². The van der Waals surface area contributed by atoms with Gasteiger partial charge in [0.25, 0.3) is 0 Å². The normalized spacial score (nSPS) is 22.0. The van der Waals surface area contributed by atoms with E-state index in [4.69, 9.17) is 26.1 Å². The van der Waals surface area contributed by atoms with Gasteiger partial charge in [-0.3, -0.25) is 14.7 Å². The molecule has 41 heavy (non-hydrogen) atoms. The second-order valence-corrected chi connectivity index (χ2v) is 11.0. The number of halogens is 4. The highest BCUT2D eigenvalue weighted by Crippen LogP contribution is 2.50. The molecule has 2 aromatic heterocycles. The first-order valence-electron chi connectivity index (χ1n) is 12.5. The molecular weight excluding hydrogens is 585 g/mol. The van der Waals surface area contributed by atoms with Gasteiger partial charge in [0.1, 0.15) is 24.0 Å². The molecule has 2 saturated heterocycles. The van der Waals surface area contributed by atoms with Gasteiger partial charge in [-0.05, 0) is 18.2 Å². The van der Waals surface area contributed by atoms with Gasteiger partial charge in [-0.25, -0.2) is 18.9 Å². The topological polar surface area (TPSA) is 102 Å². The Bertz CT molecular complexity index is 1580. The van der Waals surface area contributed by atoms with Crippen molar-refractivity contribution in [3.63, 3.8) is 0 Å². The maximum Gasteiger partial charge on any atom is 0.410 e. The first-order valence-corrected chi connectivity index (χ1v) is 13.7. The van der Waals surface area contributed by atoms with Gasteiger partial charge < -0.3 is 14.4 Å². The van der Waals surface area contributed by atoms with E-state index in [1.54, 1.807) is 11.6 Å². The van der Waals surface area contributed by atoms with Crippen LogP contribution in [0.15, 0.2) is 52.7 Å². The zero-order chi connectivity index (χ0) is 28.9. The molecule has 0 bridgehead atoms. The number of ether oxygens (including phenoxy) is 2. The monoisotopic (exact) mass is 606 g/mol. The SMILES string of the molecule is COC(=O)CCN1C(=O)OC[C@@]12CC1=C(c3ccn(C(F)F)n3)[C@H](c3ccc(F)cc3Cl)N=C(c3nccs3)N1C2. The summed E-state index contributed by atoms with van der Waals surface area (Å²) in [5, 5.41) is 6.60. The Labute approximate surface area is 240 Å². The smallest absolute Gasteiger partial charge is 0.410 e. The Hall–Kier alpha value is -3.91. The van der Waals surface area contributed by atoms with E-state index < -0.39 is 36.0 Å². The van der Waals surface area contributed by atoms with Gasteiger partial charge in [-0.1, -0.05) is 17.7 Å². The summed E-state index contributed by atoms with van der Waals surface area (Å²) in [6, 6.07) is 4.51. The van der Waals surface area contributed by atoms with Crippen molar-refractivity contribution in [3.8, 4) is 0 Å². The van der Waals surface area contributed by atoms with Crippen molar-refractivity contribution in [2.45, 2.75) is 31.0 Å². The van der Waals surface area contributed by atoms with E-state index in [-0.39, 0.29) is 43.3 Å². The maximum atomic E-state index is 14.0. The fraction of sp³-hybridized carbons (Fsp3) is 0.346. The first-order chi connectivity index (χ1) is 19.7. The number of nitrogens with zero attached hydrogens (tertiary/aromatic N) is 6. The van der Waals surface area contributed by atoms with Crippen molar-refractivity contribution in [2.75, 3.05) is 26.8 Å². The lowest BCUT2D eigenvalue weighted by atomic mass is 9.90. The molecule has 3 aliphatic rings. The standard InChI is InChI=1S/C26H22ClF3N6O4S/c1-39-19(37)5-7-35-25(38)40-13-26(35)11-18-20(17-4-8-36(33-17)24(29)30)21(15-3-2-14(28)10-16(15)27)32-22(34(18)12-26)23-31-6-9-41-23/h2-4,6,8-10,21,24H,5,7,11-13H2,1H3/t21-,26-/m0/s1. The van der Waals surface area contributed by atoms with Crippen LogP contribution >= 0.6 is 22.9 Å². The minimum atomic E-state index is -2.87. The molecule has 5 heterocycles. The molecule has 2 fully saturated rings. The number of methoxy groups -OCH3 is 1. The maximum absolute atomic E-state index is 14.0. The summed E-state index contributed by atoms with van der Waals surface area (Å²) >= 11 is 7.86. The molecule has 3 aliphatic heterocycles. The van der Waals surface area contributed by atoms with Crippen molar-refractivity contribution in [1.29, 1.82) is 0 Å². The number of amidine groups is 1. The van der Waals surface area contributed by atoms with E-state index in [2.05, 4.69) is 10.1 Å². The lowest BCUT2D eigenvalue weighted by molar-refractivity contribution is -0.140. The van der Waals surface area contributed by atoms with Crippen LogP contribution in [0.5, 0.6) is 0 Å². The lowest BCUT2D eigenvalue weighted by Crippen LogP contribution is -2.50. The van der Waals surface area contributed by atoms with Crippen molar-refractivity contribution in [1.82, 2.24) is 24.6 Å². The highest BCUT2D eigenvalue weighted by molar-refractivity contribution is 7.11. The van der Waals surface area contributed by atoms with Gasteiger partial charge in [0.05, 0.1) is 25.8 Å². The Kier molecular flexibility index (Phi) is 6.98. The number of thiazole rings is 1. The molecule has 1 aromatic carbocycles. The third-order valence-corrected chi connectivity index (χ3v) is 8.45. The molecule has 214 valence electrons.